The first-order chi connectivity index (χ1) is 7.83. The fraction of sp³-hybridized carbons (Fsp3) is 0.500. The molecular formula is C12H15N3S. The van der Waals surface area contributed by atoms with Crippen LogP contribution in [0.3, 0.4) is 0 Å². The van der Waals surface area contributed by atoms with Crippen molar-refractivity contribution in [2.75, 3.05) is 11.6 Å². The van der Waals surface area contributed by atoms with Crippen molar-refractivity contribution in [1.29, 1.82) is 5.26 Å². The fourth-order valence-corrected chi connectivity index (χ4v) is 3.07. The molecule has 84 valence electrons. The number of pyridine rings is 1. The van der Waals surface area contributed by atoms with Crippen LogP contribution in [0.25, 0.3) is 0 Å². The van der Waals surface area contributed by atoms with E-state index in [1.54, 1.807) is 12.3 Å². The second-order valence-electron chi connectivity index (χ2n) is 4.00. The molecule has 1 saturated carbocycles. The van der Waals surface area contributed by atoms with E-state index in [2.05, 4.69) is 16.6 Å². The zero-order chi connectivity index (χ0) is 11.4. The van der Waals surface area contributed by atoms with E-state index in [-0.39, 0.29) is 0 Å². The van der Waals surface area contributed by atoms with Gasteiger partial charge in [0, 0.05) is 11.3 Å². The standard InChI is InChI=1S/C12H15N3S/c1-16-12-4-2-3-11(12)15-10-6-5-9(7-13)14-8-10/h5-6,8,11-12,15H,2-4H2,1H3. The maximum absolute atomic E-state index is 8.66. The third-order valence-corrected chi connectivity index (χ3v) is 4.16. The molecule has 2 unspecified atom stereocenters. The lowest BCUT2D eigenvalue weighted by molar-refractivity contribution is 0.768. The van der Waals surface area contributed by atoms with E-state index in [0.717, 1.165) is 5.69 Å². The highest BCUT2D eigenvalue weighted by Gasteiger charge is 2.26. The molecule has 0 aliphatic heterocycles. The van der Waals surface area contributed by atoms with Crippen LogP contribution in [0.5, 0.6) is 0 Å². The Kier molecular flexibility index (Phi) is 3.68. The topological polar surface area (TPSA) is 48.7 Å². The van der Waals surface area contributed by atoms with Gasteiger partial charge in [-0.3, -0.25) is 0 Å². The molecule has 0 amide bonds. The van der Waals surface area contributed by atoms with Gasteiger partial charge in [0.1, 0.15) is 11.8 Å². The van der Waals surface area contributed by atoms with Crippen molar-refractivity contribution in [2.24, 2.45) is 0 Å². The minimum Gasteiger partial charge on any atom is -0.380 e. The summed E-state index contributed by atoms with van der Waals surface area (Å²) in [7, 11) is 0. The Labute approximate surface area is 100 Å². The predicted octanol–water partition coefficient (Wildman–Crippen LogP) is 2.65. The predicted molar refractivity (Wildman–Crippen MR) is 67.5 cm³/mol. The second kappa shape index (κ2) is 5.22. The molecule has 2 atom stereocenters. The molecule has 2 rings (SSSR count). The summed E-state index contributed by atoms with van der Waals surface area (Å²) in [6.45, 7) is 0. The highest BCUT2D eigenvalue weighted by atomic mass is 32.2. The number of hydrogen-bond acceptors (Lipinski definition) is 4. The molecule has 0 spiro atoms. The van der Waals surface area contributed by atoms with Crippen molar-refractivity contribution < 1.29 is 0 Å². The molecule has 0 aromatic carbocycles. The van der Waals surface area contributed by atoms with Gasteiger partial charge in [0.15, 0.2) is 0 Å². The van der Waals surface area contributed by atoms with Gasteiger partial charge in [-0.15, -0.1) is 0 Å². The Morgan fingerprint density at radius 2 is 2.38 bits per heavy atom. The minimum absolute atomic E-state index is 0.471. The van der Waals surface area contributed by atoms with Gasteiger partial charge in [-0.25, -0.2) is 4.98 Å². The first-order valence-electron chi connectivity index (χ1n) is 5.49. The van der Waals surface area contributed by atoms with Crippen molar-refractivity contribution in [3.8, 4) is 6.07 Å². The van der Waals surface area contributed by atoms with Crippen LogP contribution in [0.2, 0.25) is 0 Å². The largest absolute Gasteiger partial charge is 0.380 e. The van der Waals surface area contributed by atoms with Crippen LogP contribution in [0.15, 0.2) is 18.3 Å². The van der Waals surface area contributed by atoms with Crippen LogP contribution >= 0.6 is 11.8 Å². The molecule has 1 aliphatic rings. The van der Waals surface area contributed by atoms with Crippen LogP contribution < -0.4 is 5.32 Å². The number of aromatic nitrogens is 1. The molecular weight excluding hydrogens is 218 g/mol. The number of nitrogens with zero attached hydrogens (tertiary/aromatic N) is 2. The van der Waals surface area contributed by atoms with Crippen molar-refractivity contribution in [1.82, 2.24) is 4.98 Å². The van der Waals surface area contributed by atoms with E-state index < -0.39 is 0 Å². The summed E-state index contributed by atoms with van der Waals surface area (Å²) < 4.78 is 0. The Morgan fingerprint density at radius 1 is 1.50 bits per heavy atom. The lowest BCUT2D eigenvalue weighted by Crippen LogP contribution is -2.25. The molecule has 4 heteroatoms. The molecule has 1 aromatic rings. The molecule has 1 aromatic heterocycles. The van der Waals surface area contributed by atoms with E-state index in [0.29, 0.717) is 17.0 Å². The van der Waals surface area contributed by atoms with Crippen LogP contribution in [0.4, 0.5) is 5.69 Å². The van der Waals surface area contributed by atoms with E-state index in [1.807, 2.05) is 23.9 Å². The Hall–Kier alpha value is -1.21. The van der Waals surface area contributed by atoms with Gasteiger partial charge in [-0.2, -0.15) is 17.0 Å². The van der Waals surface area contributed by atoms with Crippen molar-refractivity contribution in [3.63, 3.8) is 0 Å². The SMILES string of the molecule is CSC1CCCC1Nc1ccc(C#N)nc1. The number of nitrogens with one attached hydrogen (secondary N) is 1. The second-order valence-corrected chi connectivity index (χ2v) is 5.08. The van der Waals surface area contributed by atoms with Crippen molar-refractivity contribution in [2.45, 2.75) is 30.6 Å². The van der Waals surface area contributed by atoms with Crippen LogP contribution in [0, 0.1) is 11.3 Å². The maximum atomic E-state index is 8.66. The average Bonchev–Trinajstić information content (AvgIpc) is 2.77. The highest BCUT2D eigenvalue weighted by molar-refractivity contribution is 7.99. The summed E-state index contributed by atoms with van der Waals surface area (Å²) in [5, 5.41) is 12.9. The normalized spacial score (nSPS) is 24.0. The van der Waals surface area contributed by atoms with E-state index in [1.165, 1.54) is 19.3 Å². The maximum Gasteiger partial charge on any atom is 0.140 e. The molecule has 1 fully saturated rings. The highest BCUT2D eigenvalue weighted by Crippen LogP contribution is 2.30. The molecule has 0 saturated heterocycles. The van der Waals surface area contributed by atoms with Gasteiger partial charge >= 0.3 is 0 Å². The van der Waals surface area contributed by atoms with Gasteiger partial charge < -0.3 is 5.32 Å². The van der Waals surface area contributed by atoms with E-state index in [9.17, 15) is 0 Å². The first-order valence-corrected chi connectivity index (χ1v) is 6.78. The minimum atomic E-state index is 0.471. The summed E-state index contributed by atoms with van der Waals surface area (Å²) in [6, 6.07) is 6.26. The number of thioether (sulfide) groups is 1. The van der Waals surface area contributed by atoms with Crippen molar-refractivity contribution >= 4 is 17.4 Å². The van der Waals surface area contributed by atoms with Gasteiger partial charge in [0.25, 0.3) is 0 Å². The van der Waals surface area contributed by atoms with Crippen molar-refractivity contribution in [3.05, 3.63) is 24.0 Å². The molecule has 16 heavy (non-hydrogen) atoms. The smallest absolute Gasteiger partial charge is 0.140 e. The zero-order valence-corrected chi connectivity index (χ0v) is 10.1. The molecule has 1 heterocycles. The summed E-state index contributed by atoms with van der Waals surface area (Å²) in [5.41, 5.74) is 1.49. The molecule has 0 radical (unpaired) electrons. The van der Waals surface area contributed by atoms with E-state index >= 15 is 0 Å². The van der Waals surface area contributed by atoms with Gasteiger partial charge in [0.2, 0.25) is 0 Å². The third kappa shape index (κ3) is 2.48. The summed E-state index contributed by atoms with van der Waals surface area (Å²) in [5.74, 6) is 0. The van der Waals surface area contributed by atoms with Crippen LogP contribution in [0.1, 0.15) is 25.0 Å². The number of rotatable bonds is 3. The fourth-order valence-electron chi connectivity index (χ4n) is 2.13. The lowest BCUT2D eigenvalue weighted by Gasteiger charge is -2.20. The number of nitriles is 1. The Bertz CT molecular complexity index is 382. The first kappa shape index (κ1) is 11.3. The monoisotopic (exact) mass is 233 g/mol. The molecule has 1 N–H and O–H groups in total. The van der Waals surface area contributed by atoms with E-state index in [4.69, 9.17) is 5.26 Å². The molecule has 0 bridgehead atoms. The number of anilines is 1. The summed E-state index contributed by atoms with van der Waals surface area (Å²) in [6.07, 6.45) is 7.73. The third-order valence-electron chi connectivity index (χ3n) is 2.99. The molecule has 1 aliphatic carbocycles. The van der Waals surface area contributed by atoms with Crippen LogP contribution in [-0.4, -0.2) is 22.5 Å². The van der Waals surface area contributed by atoms with Gasteiger partial charge in [-0.1, -0.05) is 6.42 Å². The average molecular weight is 233 g/mol. The quantitative estimate of drug-likeness (QED) is 0.872. The zero-order valence-electron chi connectivity index (χ0n) is 9.31. The molecule has 3 nitrogen and oxygen atoms in total. The summed E-state index contributed by atoms with van der Waals surface area (Å²) in [4.78, 5) is 4.06. The van der Waals surface area contributed by atoms with Gasteiger partial charge in [-0.05, 0) is 31.2 Å². The Morgan fingerprint density at radius 3 is 3.00 bits per heavy atom. The summed E-state index contributed by atoms with van der Waals surface area (Å²) >= 11 is 1.93. The lowest BCUT2D eigenvalue weighted by atomic mass is 10.2. The van der Waals surface area contributed by atoms with Gasteiger partial charge in [0.05, 0.1) is 11.9 Å². The Balaban J connectivity index is 2.00. The number of hydrogen-bond donors (Lipinski definition) is 1. The van der Waals surface area contributed by atoms with Crippen LogP contribution in [-0.2, 0) is 0 Å².